The quantitative estimate of drug-likeness (QED) is 0.786. The van der Waals surface area contributed by atoms with Crippen LogP contribution in [0.3, 0.4) is 0 Å². The molecule has 0 bridgehead atoms. The molecule has 0 unspecified atom stereocenters. The molecule has 1 atom stereocenters. The number of hydrogen-bond donors (Lipinski definition) is 0. The summed E-state index contributed by atoms with van der Waals surface area (Å²) in [6.45, 7) is 4.92. The number of nitrogens with zero attached hydrogens (tertiary/aromatic N) is 1. The molecular weight excluding hydrogens is 226 g/mol. The van der Waals surface area contributed by atoms with Gasteiger partial charge in [0.1, 0.15) is 0 Å². The Labute approximate surface area is 98.8 Å². The van der Waals surface area contributed by atoms with E-state index in [-0.39, 0.29) is 5.72 Å². The Hall–Kier alpha value is -0.458. The molecule has 1 aliphatic rings. The van der Waals surface area contributed by atoms with Gasteiger partial charge in [-0.3, -0.25) is 0 Å². The second kappa shape index (κ2) is 4.19. The van der Waals surface area contributed by atoms with Gasteiger partial charge in [-0.25, -0.2) is 0 Å². The molecule has 1 heterocycles. The Morgan fingerprint density at radius 1 is 1.40 bits per heavy atom. The van der Waals surface area contributed by atoms with Gasteiger partial charge in [-0.1, -0.05) is 0 Å². The van der Waals surface area contributed by atoms with Crippen molar-refractivity contribution < 1.29 is 20.6 Å². The Morgan fingerprint density at radius 3 is 2.67 bits per heavy atom. The van der Waals surface area contributed by atoms with Crippen molar-refractivity contribution in [1.29, 1.82) is 0 Å². The molecule has 0 aromatic heterocycles. The van der Waals surface area contributed by atoms with Crippen LogP contribution < -0.4 is 0 Å². The average molecular weight is 241 g/mol. The van der Waals surface area contributed by atoms with Crippen molar-refractivity contribution in [1.82, 2.24) is 4.90 Å². The van der Waals surface area contributed by atoms with Gasteiger partial charge in [0, 0.05) is 0 Å². The van der Waals surface area contributed by atoms with Crippen LogP contribution in [0.1, 0.15) is 25.5 Å². The zero-order valence-corrected chi connectivity index (χ0v) is 10.3. The average Bonchev–Trinajstić information content (AvgIpc) is 2.54. The van der Waals surface area contributed by atoms with Crippen molar-refractivity contribution in [3.8, 4) is 0 Å². The van der Waals surface area contributed by atoms with Crippen molar-refractivity contribution in [3.63, 3.8) is 0 Å². The second-order valence-electron chi connectivity index (χ2n) is 4.20. The number of benzene rings is 1. The zero-order chi connectivity index (χ0) is 10.9. The fraction of sp³-hybridized carbons (Fsp3) is 0.417. The first-order chi connectivity index (χ1) is 7.15. The van der Waals surface area contributed by atoms with Crippen LogP contribution in [0.25, 0.3) is 0 Å². The molecule has 0 aliphatic carbocycles. The van der Waals surface area contributed by atoms with Gasteiger partial charge in [0.2, 0.25) is 0 Å². The van der Waals surface area contributed by atoms with Gasteiger partial charge in [-0.2, -0.15) is 0 Å². The SMILES string of the molecule is CC1(C)OC[C@H](c2ccccc2)N1[CH]=[Cr]. The van der Waals surface area contributed by atoms with Gasteiger partial charge >= 0.3 is 98.6 Å². The van der Waals surface area contributed by atoms with Crippen molar-refractivity contribution in [3.05, 3.63) is 35.9 Å². The standard InChI is InChI=1S/C12H15NO.Cr/c1-12(2)13(3)11(9-14-12)10-7-5-4-6-8-10;/h3-8,11H,9H2,1-2H3;/t11-;/m1./s1. The molecule has 2 rings (SSSR count). The maximum absolute atomic E-state index is 5.79. The minimum atomic E-state index is -0.217. The summed E-state index contributed by atoms with van der Waals surface area (Å²) in [6.07, 6.45) is 0. The molecule has 1 aromatic carbocycles. The zero-order valence-electron chi connectivity index (χ0n) is 9.01. The molecule has 0 radical (unpaired) electrons. The fourth-order valence-corrected chi connectivity index (χ4v) is 2.57. The van der Waals surface area contributed by atoms with E-state index in [4.69, 9.17) is 4.74 Å². The first kappa shape index (κ1) is 11.0. The second-order valence-corrected chi connectivity index (χ2v) is 4.53. The van der Waals surface area contributed by atoms with Crippen LogP contribution in [0.5, 0.6) is 0 Å². The van der Waals surface area contributed by atoms with E-state index in [0.717, 1.165) is 6.61 Å². The van der Waals surface area contributed by atoms with E-state index in [0.29, 0.717) is 6.04 Å². The van der Waals surface area contributed by atoms with Gasteiger partial charge in [0.05, 0.1) is 0 Å². The molecular formula is C12H15CrNO. The topological polar surface area (TPSA) is 12.5 Å². The van der Waals surface area contributed by atoms with Crippen LogP contribution in [0.15, 0.2) is 30.3 Å². The van der Waals surface area contributed by atoms with E-state index in [9.17, 15) is 0 Å². The van der Waals surface area contributed by atoms with E-state index < -0.39 is 0 Å². The summed E-state index contributed by atoms with van der Waals surface area (Å²) >= 11 is 2.96. The van der Waals surface area contributed by atoms with E-state index in [1.54, 1.807) is 0 Å². The summed E-state index contributed by atoms with van der Waals surface area (Å²) < 4.78 is 5.79. The van der Waals surface area contributed by atoms with E-state index in [1.807, 2.05) is 11.1 Å². The molecule has 1 aromatic rings. The van der Waals surface area contributed by atoms with Gasteiger partial charge in [-0.15, -0.1) is 0 Å². The van der Waals surface area contributed by atoms with Crippen molar-refractivity contribution in [2.24, 2.45) is 0 Å². The van der Waals surface area contributed by atoms with Crippen molar-refractivity contribution >= 4 is 5.01 Å². The van der Waals surface area contributed by atoms with Crippen LogP contribution in [0.2, 0.25) is 0 Å². The number of hydrogen-bond acceptors (Lipinski definition) is 2. The summed E-state index contributed by atoms with van der Waals surface area (Å²) in [5.41, 5.74) is 1.08. The summed E-state index contributed by atoms with van der Waals surface area (Å²) in [6, 6.07) is 10.8. The molecule has 1 saturated heterocycles. The molecule has 80 valence electrons. The maximum atomic E-state index is 5.79. The molecule has 0 spiro atoms. The Morgan fingerprint density at radius 2 is 2.07 bits per heavy atom. The molecule has 1 fully saturated rings. The summed E-state index contributed by atoms with van der Waals surface area (Å²) in [7, 11) is 0. The van der Waals surface area contributed by atoms with Crippen molar-refractivity contribution in [2.75, 3.05) is 6.61 Å². The van der Waals surface area contributed by atoms with Gasteiger partial charge in [0.15, 0.2) is 0 Å². The predicted octanol–water partition coefficient (Wildman–Crippen LogP) is 2.10. The summed E-state index contributed by atoms with van der Waals surface area (Å²) in [5.74, 6) is 0. The van der Waals surface area contributed by atoms with E-state index in [2.05, 4.69) is 58.9 Å². The van der Waals surface area contributed by atoms with Crippen LogP contribution in [-0.2, 0) is 20.6 Å². The van der Waals surface area contributed by atoms with Crippen LogP contribution in [0, 0.1) is 0 Å². The molecule has 0 N–H and O–H groups in total. The Bertz CT molecular complexity index is 350. The molecule has 2 nitrogen and oxygen atoms in total. The van der Waals surface area contributed by atoms with Crippen LogP contribution in [-0.4, -0.2) is 22.2 Å². The Balaban J connectivity index is 2.29. The van der Waals surface area contributed by atoms with Gasteiger partial charge < -0.3 is 0 Å². The molecule has 0 amide bonds. The monoisotopic (exact) mass is 241 g/mol. The van der Waals surface area contributed by atoms with Crippen LogP contribution >= 0.6 is 0 Å². The number of rotatable bonds is 2. The van der Waals surface area contributed by atoms with E-state index in [1.165, 1.54) is 5.56 Å². The first-order valence-electron chi connectivity index (χ1n) is 5.08. The fourth-order valence-electron chi connectivity index (χ4n) is 1.95. The van der Waals surface area contributed by atoms with Crippen LogP contribution in [0.4, 0.5) is 0 Å². The predicted molar refractivity (Wildman–Crippen MR) is 57.1 cm³/mol. The third-order valence-electron chi connectivity index (χ3n) is 2.85. The summed E-state index contributed by atoms with van der Waals surface area (Å²) in [5, 5.41) is 1.99. The normalized spacial score (nSPS) is 25.3. The molecule has 1 aliphatic heterocycles. The third kappa shape index (κ3) is 2.07. The van der Waals surface area contributed by atoms with E-state index >= 15 is 0 Å². The Kier molecular flexibility index (Phi) is 3.09. The third-order valence-corrected chi connectivity index (χ3v) is 3.20. The van der Waals surface area contributed by atoms with Gasteiger partial charge in [0.25, 0.3) is 0 Å². The minimum absolute atomic E-state index is 0.217. The molecule has 0 saturated carbocycles. The number of ether oxygens (including phenoxy) is 1. The van der Waals surface area contributed by atoms with Gasteiger partial charge in [-0.05, 0) is 0 Å². The molecule has 15 heavy (non-hydrogen) atoms. The first-order valence-corrected chi connectivity index (χ1v) is 5.81. The van der Waals surface area contributed by atoms with Crippen molar-refractivity contribution in [2.45, 2.75) is 25.6 Å². The molecule has 3 heteroatoms. The summed E-state index contributed by atoms with van der Waals surface area (Å²) in [4.78, 5) is 2.22.